The zero-order chi connectivity index (χ0) is 14.5. The van der Waals surface area contributed by atoms with Crippen molar-refractivity contribution < 1.29 is 4.79 Å². The molecular formula is C18H27NO. The summed E-state index contributed by atoms with van der Waals surface area (Å²) in [5, 5.41) is 0. The number of rotatable bonds is 11. The second-order valence-corrected chi connectivity index (χ2v) is 5.41. The Balaban J connectivity index is 2.19. The summed E-state index contributed by atoms with van der Waals surface area (Å²) in [5.74, 6) is 0. The summed E-state index contributed by atoms with van der Waals surface area (Å²) < 4.78 is 0. The van der Waals surface area contributed by atoms with Crippen molar-refractivity contribution in [3.05, 3.63) is 35.9 Å². The van der Waals surface area contributed by atoms with Crippen molar-refractivity contribution in [3.63, 3.8) is 0 Å². The summed E-state index contributed by atoms with van der Waals surface area (Å²) in [5.41, 5.74) is 1.12. The fourth-order valence-electron chi connectivity index (χ4n) is 2.52. The quantitative estimate of drug-likeness (QED) is 0.293. The zero-order valence-corrected chi connectivity index (χ0v) is 12.7. The molecule has 1 unspecified atom stereocenters. The van der Waals surface area contributed by atoms with Crippen LogP contribution in [0.3, 0.4) is 0 Å². The normalized spacial score (nSPS) is 11.8. The molecule has 110 valence electrons. The third-order valence-corrected chi connectivity index (χ3v) is 3.72. The van der Waals surface area contributed by atoms with Gasteiger partial charge in [0, 0.05) is 0 Å². The van der Waals surface area contributed by atoms with E-state index in [1.54, 1.807) is 6.08 Å². The molecule has 0 aliphatic carbocycles. The molecule has 0 radical (unpaired) electrons. The fraction of sp³-hybridized carbons (Fsp3) is 0.611. The second kappa shape index (κ2) is 11.4. The largest absolute Gasteiger partial charge is 0.235 e. The minimum Gasteiger partial charge on any atom is -0.211 e. The van der Waals surface area contributed by atoms with Crippen LogP contribution in [-0.4, -0.2) is 6.08 Å². The van der Waals surface area contributed by atoms with E-state index >= 15 is 0 Å². The lowest BCUT2D eigenvalue weighted by atomic mass is 10.00. The Morgan fingerprint density at radius 2 is 1.55 bits per heavy atom. The summed E-state index contributed by atoms with van der Waals surface area (Å²) in [6.07, 6.45) is 13.1. The lowest BCUT2D eigenvalue weighted by Gasteiger charge is -2.10. The third kappa shape index (κ3) is 7.25. The number of unbranched alkanes of at least 4 members (excludes halogenated alkanes) is 7. The minimum atomic E-state index is -0.00575. The van der Waals surface area contributed by atoms with Gasteiger partial charge in [0.2, 0.25) is 6.08 Å². The predicted octanol–water partition coefficient (Wildman–Crippen LogP) is 5.59. The Kier molecular flexibility index (Phi) is 9.52. The molecule has 0 amide bonds. The number of nitrogens with zero attached hydrogens (tertiary/aromatic N) is 1. The molecule has 0 aromatic heterocycles. The van der Waals surface area contributed by atoms with E-state index in [2.05, 4.69) is 11.9 Å². The minimum absolute atomic E-state index is 0.00575. The topological polar surface area (TPSA) is 29.4 Å². The fourth-order valence-corrected chi connectivity index (χ4v) is 2.52. The third-order valence-electron chi connectivity index (χ3n) is 3.72. The van der Waals surface area contributed by atoms with Crippen LogP contribution in [0.4, 0.5) is 0 Å². The average Bonchev–Trinajstić information content (AvgIpc) is 2.50. The van der Waals surface area contributed by atoms with Crippen LogP contribution in [0.1, 0.15) is 76.3 Å². The van der Waals surface area contributed by atoms with Gasteiger partial charge in [0.25, 0.3) is 0 Å². The van der Waals surface area contributed by atoms with Gasteiger partial charge in [-0.15, -0.1) is 0 Å². The van der Waals surface area contributed by atoms with Crippen LogP contribution in [0.5, 0.6) is 0 Å². The predicted molar refractivity (Wildman–Crippen MR) is 84.5 cm³/mol. The van der Waals surface area contributed by atoms with Crippen molar-refractivity contribution in [2.45, 2.75) is 70.8 Å². The van der Waals surface area contributed by atoms with Crippen molar-refractivity contribution in [1.82, 2.24) is 0 Å². The summed E-state index contributed by atoms with van der Waals surface area (Å²) in [6.45, 7) is 2.25. The molecule has 0 bridgehead atoms. The Morgan fingerprint density at radius 1 is 0.950 bits per heavy atom. The van der Waals surface area contributed by atoms with Crippen LogP contribution in [0, 0.1) is 0 Å². The Bertz CT molecular complexity index is 382. The van der Waals surface area contributed by atoms with Gasteiger partial charge < -0.3 is 0 Å². The number of carbonyl (C=O) groups excluding carboxylic acids is 1. The molecule has 0 aliphatic rings. The van der Waals surface area contributed by atoms with E-state index < -0.39 is 0 Å². The van der Waals surface area contributed by atoms with Crippen LogP contribution in [0.25, 0.3) is 0 Å². The van der Waals surface area contributed by atoms with Crippen LogP contribution in [0.15, 0.2) is 35.3 Å². The molecule has 0 spiro atoms. The van der Waals surface area contributed by atoms with Gasteiger partial charge in [0.1, 0.15) is 0 Å². The molecule has 1 rings (SSSR count). The molecule has 0 aliphatic heterocycles. The van der Waals surface area contributed by atoms with E-state index in [0.717, 1.165) is 18.4 Å². The van der Waals surface area contributed by atoms with E-state index in [4.69, 9.17) is 0 Å². The van der Waals surface area contributed by atoms with Crippen molar-refractivity contribution >= 4 is 6.08 Å². The van der Waals surface area contributed by atoms with Gasteiger partial charge in [-0.2, -0.15) is 4.99 Å². The van der Waals surface area contributed by atoms with E-state index in [-0.39, 0.29) is 6.04 Å². The molecule has 1 atom stereocenters. The van der Waals surface area contributed by atoms with Gasteiger partial charge in [-0.3, -0.25) is 0 Å². The van der Waals surface area contributed by atoms with Crippen LogP contribution < -0.4 is 0 Å². The molecule has 1 aromatic carbocycles. The lowest BCUT2D eigenvalue weighted by molar-refractivity contribution is 0.526. The molecule has 2 nitrogen and oxygen atoms in total. The second-order valence-electron chi connectivity index (χ2n) is 5.41. The van der Waals surface area contributed by atoms with Gasteiger partial charge in [-0.25, -0.2) is 4.79 Å². The van der Waals surface area contributed by atoms with Crippen molar-refractivity contribution in [2.24, 2.45) is 4.99 Å². The molecule has 0 N–H and O–H groups in total. The molecule has 0 heterocycles. The lowest BCUT2D eigenvalue weighted by Crippen LogP contribution is -1.95. The monoisotopic (exact) mass is 273 g/mol. The summed E-state index contributed by atoms with van der Waals surface area (Å²) in [4.78, 5) is 14.5. The van der Waals surface area contributed by atoms with E-state index in [1.165, 1.54) is 44.9 Å². The van der Waals surface area contributed by atoms with Crippen molar-refractivity contribution in [1.29, 1.82) is 0 Å². The van der Waals surface area contributed by atoms with E-state index in [9.17, 15) is 4.79 Å². The summed E-state index contributed by atoms with van der Waals surface area (Å²) in [6, 6.07) is 10.1. The number of benzene rings is 1. The molecule has 1 aromatic rings. The van der Waals surface area contributed by atoms with Gasteiger partial charge in [0.15, 0.2) is 0 Å². The molecule has 0 saturated heterocycles. The highest BCUT2D eigenvalue weighted by atomic mass is 16.1. The smallest absolute Gasteiger partial charge is 0.211 e. The van der Waals surface area contributed by atoms with Gasteiger partial charge in [-0.1, -0.05) is 88.6 Å². The highest BCUT2D eigenvalue weighted by Crippen LogP contribution is 2.23. The highest BCUT2D eigenvalue weighted by molar-refractivity contribution is 5.35. The Morgan fingerprint density at radius 3 is 2.15 bits per heavy atom. The first kappa shape index (κ1) is 16.7. The standard InChI is InChI=1S/C18H27NO/c1-2-3-4-5-6-7-8-12-15-18(19-16-20)17-13-10-9-11-14-17/h9-11,13-14,18H,2-8,12,15H2,1H3. The maximum absolute atomic E-state index is 10.5. The highest BCUT2D eigenvalue weighted by Gasteiger charge is 2.08. The van der Waals surface area contributed by atoms with E-state index in [0.29, 0.717) is 0 Å². The zero-order valence-electron chi connectivity index (χ0n) is 12.7. The van der Waals surface area contributed by atoms with Crippen LogP contribution in [-0.2, 0) is 4.79 Å². The van der Waals surface area contributed by atoms with Gasteiger partial charge in [0.05, 0.1) is 6.04 Å². The number of aliphatic imine (C=N–C) groups is 1. The molecule has 20 heavy (non-hydrogen) atoms. The first-order chi connectivity index (χ1) is 9.88. The first-order valence-electron chi connectivity index (χ1n) is 8.00. The summed E-state index contributed by atoms with van der Waals surface area (Å²) in [7, 11) is 0. The van der Waals surface area contributed by atoms with Gasteiger partial charge >= 0.3 is 0 Å². The molecule has 0 saturated carbocycles. The molecule has 2 heteroatoms. The number of isocyanates is 1. The van der Waals surface area contributed by atoms with Crippen molar-refractivity contribution in [3.8, 4) is 0 Å². The van der Waals surface area contributed by atoms with E-state index in [1.807, 2.05) is 30.3 Å². The maximum Gasteiger partial charge on any atom is 0.235 e. The number of hydrogen-bond acceptors (Lipinski definition) is 2. The van der Waals surface area contributed by atoms with Gasteiger partial charge in [-0.05, 0) is 12.0 Å². The van der Waals surface area contributed by atoms with Crippen LogP contribution >= 0.6 is 0 Å². The Hall–Kier alpha value is -1.40. The average molecular weight is 273 g/mol. The first-order valence-corrected chi connectivity index (χ1v) is 8.00. The van der Waals surface area contributed by atoms with Crippen molar-refractivity contribution in [2.75, 3.05) is 0 Å². The maximum atomic E-state index is 10.5. The SMILES string of the molecule is CCCCCCCCCCC(N=C=O)c1ccccc1. The number of hydrogen-bond donors (Lipinski definition) is 0. The molecular weight excluding hydrogens is 246 g/mol. The van der Waals surface area contributed by atoms with Crippen LogP contribution in [0.2, 0.25) is 0 Å². The Labute approximate surface area is 123 Å². The summed E-state index contributed by atoms with van der Waals surface area (Å²) >= 11 is 0. The molecule has 0 fully saturated rings.